The van der Waals surface area contributed by atoms with E-state index in [0.717, 1.165) is 49.9 Å². The highest BCUT2D eigenvalue weighted by Gasteiger charge is 2.72. The molecule has 3 saturated carbocycles. The average Bonchev–Trinajstić information content (AvgIpc) is 3.57. The normalized spacial score (nSPS) is 41.4. The highest BCUT2D eigenvalue weighted by Crippen LogP contribution is 2.75. The first-order chi connectivity index (χ1) is 24.7. The van der Waals surface area contributed by atoms with Gasteiger partial charge in [-0.05, 0) is 90.8 Å². The topological polar surface area (TPSA) is 138 Å². The van der Waals surface area contributed by atoms with E-state index in [9.17, 15) is 9.90 Å². The lowest BCUT2D eigenvalue weighted by molar-refractivity contribution is -0.253. The fraction of sp³-hybridized carbons (Fsp3) is 0.791. The number of hydrogen-bond acceptors (Lipinski definition) is 8. The Morgan fingerprint density at radius 2 is 1.74 bits per heavy atom. The monoisotopic (exact) mass is 731 g/mol. The highest BCUT2D eigenvalue weighted by molar-refractivity contribution is 5.73. The van der Waals surface area contributed by atoms with Gasteiger partial charge < -0.3 is 20.3 Å². The van der Waals surface area contributed by atoms with Crippen molar-refractivity contribution in [1.29, 1.82) is 0 Å². The molecule has 5 aliphatic rings. The van der Waals surface area contributed by atoms with E-state index >= 15 is 0 Å². The number of nitrogens with two attached hydrogens (primary N) is 1. The van der Waals surface area contributed by atoms with Crippen LogP contribution in [0.1, 0.15) is 121 Å². The Morgan fingerprint density at radius 1 is 1.04 bits per heavy atom. The Bertz CT molecular complexity index is 1730. The minimum atomic E-state index is -0.630. The fourth-order valence-electron chi connectivity index (χ4n) is 12.7. The zero-order valence-electron chi connectivity index (χ0n) is 34.3. The van der Waals surface area contributed by atoms with Gasteiger partial charge in [-0.1, -0.05) is 80.9 Å². The van der Waals surface area contributed by atoms with Crippen molar-refractivity contribution >= 4 is 5.97 Å². The second kappa shape index (κ2) is 12.7. The minimum absolute atomic E-state index is 0.150. The third-order valence-electron chi connectivity index (χ3n) is 17.1. The van der Waals surface area contributed by atoms with Gasteiger partial charge in [0.25, 0.3) is 0 Å². The van der Waals surface area contributed by atoms with E-state index in [1.54, 1.807) is 18.7 Å². The van der Waals surface area contributed by atoms with Crippen LogP contribution in [0.5, 0.6) is 0 Å². The molecular formula is C43H66N6O4. The van der Waals surface area contributed by atoms with Crippen molar-refractivity contribution < 1.29 is 19.4 Å². The number of rotatable bonds is 8. The maximum atomic E-state index is 13.6. The summed E-state index contributed by atoms with van der Waals surface area (Å²) in [6.45, 7) is 26.5. The number of ether oxygens (including phenoxy) is 2. The van der Waals surface area contributed by atoms with Crippen LogP contribution in [0.25, 0.3) is 11.4 Å². The smallest absolute Gasteiger partial charge is 0.307 e. The Hall–Kier alpha value is -2.69. The van der Waals surface area contributed by atoms with Gasteiger partial charge >= 0.3 is 5.97 Å². The van der Waals surface area contributed by atoms with E-state index in [-0.39, 0.29) is 50.6 Å². The first-order valence-electron chi connectivity index (χ1n) is 20.2. The number of aliphatic carboxylic acids is 1. The molecule has 53 heavy (non-hydrogen) atoms. The van der Waals surface area contributed by atoms with Gasteiger partial charge in [-0.3, -0.25) is 4.79 Å². The summed E-state index contributed by atoms with van der Waals surface area (Å²) in [4.78, 5) is 27.0. The van der Waals surface area contributed by atoms with Crippen LogP contribution in [0.4, 0.5) is 0 Å². The number of aromatic nitrogens is 5. The molecule has 2 aromatic heterocycles. The molecule has 3 N–H and O–H groups in total. The van der Waals surface area contributed by atoms with Crippen LogP contribution in [0.3, 0.4) is 0 Å². The number of nitrogens with zero attached hydrogens (tertiary/aromatic N) is 5. The van der Waals surface area contributed by atoms with E-state index in [0.29, 0.717) is 37.6 Å². The van der Waals surface area contributed by atoms with Gasteiger partial charge in [0.05, 0.1) is 43.4 Å². The van der Waals surface area contributed by atoms with Crippen LogP contribution >= 0.6 is 0 Å². The third-order valence-corrected chi connectivity index (χ3v) is 17.1. The third kappa shape index (κ3) is 5.45. The molecular weight excluding hydrogens is 665 g/mol. The van der Waals surface area contributed by atoms with Gasteiger partial charge in [-0.25, -0.2) is 19.6 Å². The molecule has 2 bridgehead atoms. The summed E-state index contributed by atoms with van der Waals surface area (Å²) in [5.74, 6) is 0.984. The predicted molar refractivity (Wildman–Crippen MR) is 205 cm³/mol. The zero-order valence-corrected chi connectivity index (χ0v) is 34.3. The predicted octanol–water partition coefficient (Wildman–Crippen LogP) is 8.01. The number of hydrogen-bond donors (Lipinski definition) is 2. The molecule has 1 aliphatic heterocycles. The molecule has 1 saturated heterocycles. The van der Waals surface area contributed by atoms with Crippen LogP contribution in [0, 0.1) is 62.1 Å². The van der Waals surface area contributed by atoms with Gasteiger partial charge in [0, 0.05) is 28.8 Å². The van der Waals surface area contributed by atoms with E-state index in [1.165, 1.54) is 11.9 Å². The molecule has 0 spiro atoms. The minimum Gasteiger partial charge on any atom is -0.481 e. The summed E-state index contributed by atoms with van der Waals surface area (Å²) in [5.41, 5.74) is 7.17. The Kier molecular flexibility index (Phi) is 9.22. The Balaban J connectivity index is 1.35. The molecule has 0 radical (unpaired) electrons. The maximum Gasteiger partial charge on any atom is 0.307 e. The molecule has 292 valence electrons. The van der Waals surface area contributed by atoms with Crippen molar-refractivity contribution in [2.24, 2.45) is 67.8 Å². The quantitative estimate of drug-likeness (QED) is 0.259. The van der Waals surface area contributed by atoms with Crippen LogP contribution in [-0.2, 0) is 14.3 Å². The number of carboxylic acids is 1. The second-order valence-corrected chi connectivity index (χ2v) is 20.7. The highest BCUT2D eigenvalue weighted by atomic mass is 16.5. The number of carbonyl (C=O) groups is 1. The number of carboxylic acid groups (broad SMARTS) is 1. The molecule has 10 heteroatoms. The summed E-state index contributed by atoms with van der Waals surface area (Å²) in [5, 5.41) is 16.1. The lowest BCUT2D eigenvalue weighted by atomic mass is 9.34. The first kappa shape index (κ1) is 38.6. The lowest BCUT2D eigenvalue weighted by Gasteiger charge is -2.71. The Labute approximate surface area is 317 Å². The second-order valence-electron chi connectivity index (χ2n) is 20.7. The first-order valence-corrected chi connectivity index (χ1v) is 20.2. The lowest BCUT2D eigenvalue weighted by Crippen LogP contribution is -2.69. The van der Waals surface area contributed by atoms with Crippen LogP contribution in [0.15, 0.2) is 36.7 Å². The van der Waals surface area contributed by atoms with Crippen LogP contribution in [0.2, 0.25) is 0 Å². The number of allylic oxidation sites excluding steroid dienone is 1. The Morgan fingerprint density at radius 3 is 2.38 bits per heavy atom. The average molecular weight is 731 g/mol. The molecule has 12 atom stereocenters. The molecule has 4 fully saturated rings. The summed E-state index contributed by atoms with van der Waals surface area (Å²) < 4.78 is 16.1. The van der Waals surface area contributed by atoms with Crippen molar-refractivity contribution in [3.05, 3.63) is 36.7 Å². The summed E-state index contributed by atoms with van der Waals surface area (Å²) in [6, 6.07) is -0.150. The van der Waals surface area contributed by atoms with Gasteiger partial charge in [-0.2, -0.15) is 5.10 Å². The van der Waals surface area contributed by atoms with Gasteiger partial charge in [0.2, 0.25) is 0 Å². The molecule has 2 aromatic rings. The molecule has 7 rings (SSSR count). The van der Waals surface area contributed by atoms with Gasteiger partial charge in [0.15, 0.2) is 5.82 Å². The van der Waals surface area contributed by atoms with E-state index < -0.39 is 17.4 Å². The van der Waals surface area contributed by atoms with Gasteiger partial charge in [0.1, 0.15) is 12.7 Å². The molecule has 0 unspecified atom stereocenters. The van der Waals surface area contributed by atoms with Crippen molar-refractivity contribution in [2.75, 3.05) is 19.8 Å². The van der Waals surface area contributed by atoms with E-state index in [4.69, 9.17) is 25.3 Å². The summed E-state index contributed by atoms with van der Waals surface area (Å²) in [7, 11) is 0. The fourth-order valence-corrected chi connectivity index (χ4v) is 12.7. The maximum absolute atomic E-state index is 13.6. The van der Waals surface area contributed by atoms with Crippen molar-refractivity contribution in [2.45, 2.75) is 132 Å². The SMILES string of the molecule is CC(C)[C@@H](C)[C@@]1(C)CC[C@]2(C)[C@H]3CC[C@@H]4[C@@]5(COC[C@@]4(C)[C@@H](OC[C@](C)(N)C(C)(C)C)[C@H](n4ncnc4-c4cncnc4)C5)C3=CC[C@@]2(C)[C@@H]1C(=O)O. The largest absolute Gasteiger partial charge is 0.481 e. The van der Waals surface area contributed by atoms with Crippen molar-refractivity contribution in [1.82, 2.24) is 24.7 Å². The molecule has 4 aliphatic carbocycles. The molecule has 3 heterocycles. The summed E-state index contributed by atoms with van der Waals surface area (Å²) in [6.07, 6.45) is 14.7. The van der Waals surface area contributed by atoms with Crippen LogP contribution < -0.4 is 5.73 Å². The number of fused-ring (bicyclic) bond motifs is 3. The molecule has 10 nitrogen and oxygen atoms in total. The van der Waals surface area contributed by atoms with Crippen molar-refractivity contribution in [3.8, 4) is 11.4 Å². The van der Waals surface area contributed by atoms with Crippen molar-refractivity contribution in [3.63, 3.8) is 0 Å². The van der Waals surface area contributed by atoms with Gasteiger partial charge in [-0.15, -0.1) is 0 Å². The summed E-state index contributed by atoms with van der Waals surface area (Å²) >= 11 is 0. The molecule has 0 aromatic carbocycles. The zero-order chi connectivity index (χ0) is 38.6. The van der Waals surface area contributed by atoms with E-state index in [2.05, 4.69) is 96.9 Å². The van der Waals surface area contributed by atoms with E-state index in [1.807, 2.05) is 0 Å². The van der Waals surface area contributed by atoms with Crippen LogP contribution in [-0.4, -0.2) is 67.3 Å². The standard InChI is InChI=1S/C43H66N6O4/c1-26(2)27(3)38(7)16-17-40(9)29-12-13-32-39(8)21-52-23-43(32,30(29)14-15-41(40,10)33(38)36(50)51)18-31(34(39)53-22-42(11,44)37(4,5)6)49-35(47-25-48-49)28-19-45-24-46-20-28/h14,19-20,24-27,29,31-34H,12-13,15-18,21-23,44H2,1-11H3,(H,50,51)/t27-,29+,31-,32+,33-,34+,38-,39-,40-,41+,42+,43+/m1/s1. The molecule has 0 amide bonds.